The van der Waals surface area contributed by atoms with E-state index < -0.39 is 11.4 Å². The fourth-order valence-electron chi connectivity index (χ4n) is 4.71. The van der Waals surface area contributed by atoms with Crippen LogP contribution in [0.4, 0.5) is 0 Å². The van der Waals surface area contributed by atoms with Gasteiger partial charge < -0.3 is 10.0 Å². The second kappa shape index (κ2) is 7.16. The summed E-state index contributed by atoms with van der Waals surface area (Å²) in [6.45, 7) is 6.62. The number of likely N-dealkylation sites (N-methyl/N-ethyl adjacent to an activating group) is 1. The van der Waals surface area contributed by atoms with E-state index >= 15 is 0 Å². The lowest BCUT2D eigenvalue weighted by molar-refractivity contribution is -0.149. The van der Waals surface area contributed by atoms with Crippen molar-refractivity contribution in [3.05, 3.63) is 35.9 Å². The molecule has 1 aliphatic heterocycles. The van der Waals surface area contributed by atoms with E-state index in [1.54, 1.807) is 0 Å². The molecule has 0 spiro atoms. The molecule has 1 saturated heterocycles. The molecule has 1 aromatic carbocycles. The van der Waals surface area contributed by atoms with Crippen molar-refractivity contribution in [2.45, 2.75) is 39.2 Å². The summed E-state index contributed by atoms with van der Waals surface area (Å²) in [6.07, 6.45) is 2.56. The number of hydrogen-bond acceptors (Lipinski definition) is 3. The Bertz CT molecular complexity index is 629. The molecule has 3 atom stereocenters. The van der Waals surface area contributed by atoms with Gasteiger partial charge in [0, 0.05) is 13.1 Å². The van der Waals surface area contributed by atoms with E-state index in [2.05, 4.69) is 18.7 Å². The molecule has 0 aromatic heterocycles. The molecule has 5 nitrogen and oxygen atoms in total. The number of aliphatic carboxylic acids is 1. The average Bonchev–Trinajstić information content (AvgIpc) is 3.18. The molecule has 1 saturated carbocycles. The highest BCUT2D eigenvalue weighted by molar-refractivity contribution is 5.86. The van der Waals surface area contributed by atoms with Crippen molar-refractivity contribution in [1.29, 1.82) is 0 Å². The number of carboxylic acids is 1. The Morgan fingerprint density at radius 3 is 2.52 bits per heavy atom. The summed E-state index contributed by atoms with van der Waals surface area (Å²) in [5.74, 6) is -0.587. The van der Waals surface area contributed by atoms with E-state index in [0.29, 0.717) is 19.5 Å². The predicted octanol–water partition coefficient (Wildman–Crippen LogP) is 2.78. The molecule has 1 N–H and O–H groups in total. The second-order valence-corrected chi connectivity index (χ2v) is 7.30. The fourth-order valence-corrected chi connectivity index (χ4v) is 4.71. The molecule has 1 aromatic rings. The highest BCUT2D eigenvalue weighted by Gasteiger charge is 2.56. The van der Waals surface area contributed by atoms with Crippen LogP contribution in [0.1, 0.15) is 44.7 Å². The van der Waals surface area contributed by atoms with Crippen molar-refractivity contribution in [2.75, 3.05) is 26.2 Å². The maximum Gasteiger partial charge on any atom is 0.311 e. The van der Waals surface area contributed by atoms with Gasteiger partial charge in [-0.2, -0.15) is 0 Å². The zero-order valence-electron chi connectivity index (χ0n) is 15.1. The first-order valence-electron chi connectivity index (χ1n) is 9.34. The van der Waals surface area contributed by atoms with E-state index in [4.69, 9.17) is 0 Å². The third kappa shape index (κ3) is 3.06. The van der Waals surface area contributed by atoms with Gasteiger partial charge in [-0.25, -0.2) is 0 Å². The Balaban J connectivity index is 1.88. The van der Waals surface area contributed by atoms with Crippen molar-refractivity contribution in [3.63, 3.8) is 0 Å². The zero-order valence-corrected chi connectivity index (χ0v) is 15.1. The first-order chi connectivity index (χ1) is 12.0. The summed E-state index contributed by atoms with van der Waals surface area (Å²) >= 11 is 0. The molecule has 5 heteroatoms. The van der Waals surface area contributed by atoms with Gasteiger partial charge in [0.15, 0.2) is 0 Å². The summed E-state index contributed by atoms with van der Waals surface area (Å²) in [5.41, 5.74) is 0.262. The fraction of sp³-hybridized carbons (Fsp3) is 0.600. The third-order valence-corrected chi connectivity index (χ3v) is 6.14. The number of carbonyl (C=O) groups excluding carboxylic acids is 1. The molecule has 25 heavy (non-hydrogen) atoms. The monoisotopic (exact) mass is 344 g/mol. The maximum absolute atomic E-state index is 13.4. The topological polar surface area (TPSA) is 60.9 Å². The molecule has 0 bridgehead atoms. The number of fused-ring (bicyclic) bond motifs is 1. The Labute approximate surface area is 149 Å². The van der Waals surface area contributed by atoms with E-state index in [1.165, 1.54) is 0 Å². The lowest BCUT2D eigenvalue weighted by atomic mass is 9.81. The normalized spacial score (nSPS) is 26.7. The van der Waals surface area contributed by atoms with Crippen LogP contribution in [0.5, 0.6) is 0 Å². The number of rotatable bonds is 6. The van der Waals surface area contributed by atoms with Crippen molar-refractivity contribution >= 4 is 11.9 Å². The van der Waals surface area contributed by atoms with Crippen molar-refractivity contribution < 1.29 is 14.7 Å². The van der Waals surface area contributed by atoms with Crippen LogP contribution in [0.25, 0.3) is 0 Å². The van der Waals surface area contributed by atoms with Crippen LogP contribution in [0.15, 0.2) is 30.3 Å². The standard InChI is InChI=1S/C20H28N2O3/c1-3-21(4-2)17(15-9-6-5-7-10-15)18(23)22-13-16-11-8-12-20(16,14-22)19(24)25/h5-7,9-10,16-17H,3-4,8,11-14H2,1-2H3,(H,24,25)/t16-,17?,20+/m0/s1. The number of benzene rings is 1. The average molecular weight is 344 g/mol. The molecule has 1 aliphatic carbocycles. The molecule has 3 rings (SSSR count). The van der Waals surface area contributed by atoms with Gasteiger partial charge in [-0.05, 0) is 37.4 Å². The molecular formula is C20H28N2O3. The first kappa shape index (κ1) is 17.9. The summed E-state index contributed by atoms with van der Waals surface area (Å²) < 4.78 is 0. The van der Waals surface area contributed by atoms with Gasteiger partial charge in [-0.3, -0.25) is 14.5 Å². The van der Waals surface area contributed by atoms with Crippen LogP contribution in [0.2, 0.25) is 0 Å². The van der Waals surface area contributed by atoms with Gasteiger partial charge in [0.2, 0.25) is 5.91 Å². The molecule has 1 amide bonds. The molecule has 136 valence electrons. The van der Waals surface area contributed by atoms with Crippen molar-refractivity contribution in [1.82, 2.24) is 9.80 Å². The Kier molecular flexibility index (Phi) is 5.13. The van der Waals surface area contributed by atoms with Gasteiger partial charge in [0.1, 0.15) is 6.04 Å². The Morgan fingerprint density at radius 1 is 1.28 bits per heavy atom. The lowest BCUT2D eigenvalue weighted by Gasteiger charge is -2.33. The quantitative estimate of drug-likeness (QED) is 0.862. The largest absolute Gasteiger partial charge is 0.481 e. The number of carboxylic acid groups (broad SMARTS) is 1. The predicted molar refractivity (Wildman–Crippen MR) is 96.1 cm³/mol. The van der Waals surface area contributed by atoms with Crippen LogP contribution >= 0.6 is 0 Å². The molecular weight excluding hydrogens is 316 g/mol. The summed E-state index contributed by atoms with van der Waals surface area (Å²) in [5, 5.41) is 9.78. The minimum Gasteiger partial charge on any atom is -0.481 e. The van der Waals surface area contributed by atoms with Gasteiger partial charge >= 0.3 is 5.97 Å². The van der Waals surface area contributed by atoms with Crippen LogP contribution in [0.3, 0.4) is 0 Å². The van der Waals surface area contributed by atoms with Gasteiger partial charge in [0.05, 0.1) is 5.41 Å². The maximum atomic E-state index is 13.4. The smallest absolute Gasteiger partial charge is 0.311 e. The minimum absolute atomic E-state index is 0.0462. The van der Waals surface area contributed by atoms with E-state index in [0.717, 1.165) is 31.5 Å². The van der Waals surface area contributed by atoms with E-state index in [1.807, 2.05) is 35.2 Å². The molecule has 2 fully saturated rings. The number of amides is 1. The van der Waals surface area contributed by atoms with Gasteiger partial charge in [-0.15, -0.1) is 0 Å². The van der Waals surface area contributed by atoms with Gasteiger partial charge in [0.25, 0.3) is 0 Å². The number of hydrogen-bond donors (Lipinski definition) is 1. The minimum atomic E-state index is -0.732. The SMILES string of the molecule is CCN(CC)C(C(=O)N1C[C@@H]2CCC[C@@]2(C(=O)O)C1)c1ccccc1. The molecule has 2 aliphatic rings. The third-order valence-electron chi connectivity index (χ3n) is 6.14. The summed E-state index contributed by atoms with van der Waals surface area (Å²) in [7, 11) is 0. The van der Waals surface area contributed by atoms with Crippen LogP contribution in [-0.2, 0) is 9.59 Å². The van der Waals surface area contributed by atoms with E-state index in [9.17, 15) is 14.7 Å². The Hall–Kier alpha value is -1.88. The summed E-state index contributed by atoms with van der Waals surface area (Å²) in [6, 6.07) is 9.51. The van der Waals surface area contributed by atoms with Crippen LogP contribution < -0.4 is 0 Å². The first-order valence-corrected chi connectivity index (χ1v) is 9.34. The van der Waals surface area contributed by atoms with Gasteiger partial charge in [-0.1, -0.05) is 50.6 Å². The van der Waals surface area contributed by atoms with E-state index in [-0.39, 0.29) is 17.9 Å². The van der Waals surface area contributed by atoms with Crippen molar-refractivity contribution in [3.8, 4) is 0 Å². The highest BCUT2D eigenvalue weighted by Crippen LogP contribution is 2.49. The number of carbonyl (C=O) groups is 2. The van der Waals surface area contributed by atoms with Crippen LogP contribution in [0, 0.1) is 11.3 Å². The highest BCUT2D eigenvalue weighted by atomic mass is 16.4. The molecule has 1 heterocycles. The second-order valence-electron chi connectivity index (χ2n) is 7.30. The molecule has 0 radical (unpaired) electrons. The van der Waals surface area contributed by atoms with Crippen molar-refractivity contribution in [2.24, 2.45) is 11.3 Å². The number of likely N-dealkylation sites (tertiary alicyclic amines) is 1. The summed E-state index contributed by atoms with van der Waals surface area (Å²) in [4.78, 5) is 29.3. The lowest BCUT2D eigenvalue weighted by Crippen LogP contribution is -2.44. The van der Waals surface area contributed by atoms with Crippen LogP contribution in [-0.4, -0.2) is 53.0 Å². The molecule has 1 unspecified atom stereocenters. The zero-order chi connectivity index (χ0) is 18.0. The number of nitrogens with zero attached hydrogens (tertiary/aromatic N) is 2. The Morgan fingerprint density at radius 2 is 1.96 bits per heavy atom.